The van der Waals surface area contributed by atoms with Crippen molar-refractivity contribution in [1.29, 1.82) is 0 Å². The second-order valence-corrected chi connectivity index (χ2v) is 6.33. The van der Waals surface area contributed by atoms with Gasteiger partial charge < -0.3 is 5.32 Å². The lowest BCUT2D eigenvalue weighted by Crippen LogP contribution is -2.45. The van der Waals surface area contributed by atoms with E-state index >= 15 is 0 Å². The monoisotopic (exact) mass is 259 g/mol. The van der Waals surface area contributed by atoms with Crippen LogP contribution in [0.2, 0.25) is 0 Å². The predicted molar refractivity (Wildman–Crippen MR) is 83.5 cm³/mol. The molecule has 1 aromatic rings. The van der Waals surface area contributed by atoms with E-state index in [1.807, 2.05) is 0 Å². The Hall–Kier alpha value is -0.820. The van der Waals surface area contributed by atoms with E-state index in [0.717, 1.165) is 5.92 Å². The molecule has 19 heavy (non-hydrogen) atoms. The van der Waals surface area contributed by atoms with Crippen molar-refractivity contribution in [3.8, 4) is 0 Å². The van der Waals surface area contributed by atoms with Crippen molar-refractivity contribution in [2.45, 2.75) is 70.9 Å². The zero-order valence-corrected chi connectivity index (χ0v) is 12.7. The van der Waals surface area contributed by atoms with Gasteiger partial charge in [0.2, 0.25) is 0 Å². The average molecular weight is 259 g/mol. The summed E-state index contributed by atoms with van der Waals surface area (Å²) in [6, 6.07) is 12.4. The van der Waals surface area contributed by atoms with Crippen molar-refractivity contribution in [1.82, 2.24) is 5.32 Å². The summed E-state index contributed by atoms with van der Waals surface area (Å²) in [7, 11) is 0. The summed E-state index contributed by atoms with van der Waals surface area (Å²) in [4.78, 5) is 0. The van der Waals surface area contributed by atoms with Crippen molar-refractivity contribution in [3.05, 3.63) is 35.9 Å². The minimum atomic E-state index is 0.661. The lowest BCUT2D eigenvalue weighted by Gasteiger charge is -2.36. The highest BCUT2D eigenvalue weighted by molar-refractivity contribution is 5.22. The van der Waals surface area contributed by atoms with E-state index < -0.39 is 0 Å². The molecule has 0 saturated heterocycles. The minimum absolute atomic E-state index is 0.661. The lowest BCUT2D eigenvalue weighted by atomic mass is 9.79. The van der Waals surface area contributed by atoms with Gasteiger partial charge >= 0.3 is 0 Å². The van der Waals surface area contributed by atoms with Gasteiger partial charge in [0.05, 0.1) is 0 Å². The highest BCUT2D eigenvalue weighted by Gasteiger charge is 2.28. The Balaban J connectivity index is 2.08. The minimum Gasteiger partial charge on any atom is -0.310 e. The summed E-state index contributed by atoms with van der Waals surface area (Å²) < 4.78 is 0. The number of nitrogens with one attached hydrogen (secondary N) is 1. The molecule has 0 aliphatic heterocycles. The normalized spacial score (nSPS) is 25.5. The Morgan fingerprint density at radius 1 is 1.11 bits per heavy atom. The molecule has 1 nitrogen and oxygen atoms in total. The molecule has 0 bridgehead atoms. The summed E-state index contributed by atoms with van der Waals surface area (Å²) in [6.07, 6.45) is 6.68. The van der Waals surface area contributed by atoms with Gasteiger partial charge in [-0.1, -0.05) is 63.9 Å². The van der Waals surface area contributed by atoms with Crippen molar-refractivity contribution in [3.63, 3.8) is 0 Å². The number of rotatable bonds is 5. The average Bonchev–Trinajstić information content (AvgIpc) is 2.45. The quantitative estimate of drug-likeness (QED) is 0.805. The van der Waals surface area contributed by atoms with Crippen molar-refractivity contribution in [2.24, 2.45) is 5.92 Å². The Bertz CT molecular complexity index is 357. The molecular formula is C18H29N. The van der Waals surface area contributed by atoms with E-state index in [1.54, 1.807) is 0 Å². The van der Waals surface area contributed by atoms with Gasteiger partial charge in [0.15, 0.2) is 0 Å². The molecule has 106 valence electrons. The van der Waals surface area contributed by atoms with Crippen LogP contribution >= 0.6 is 0 Å². The van der Waals surface area contributed by atoms with E-state index in [1.165, 1.54) is 37.7 Å². The third kappa shape index (κ3) is 3.82. The molecule has 3 atom stereocenters. The lowest BCUT2D eigenvalue weighted by molar-refractivity contribution is 0.265. The van der Waals surface area contributed by atoms with Crippen LogP contribution in [-0.2, 0) is 0 Å². The topological polar surface area (TPSA) is 12.0 Å². The van der Waals surface area contributed by atoms with Crippen LogP contribution in [0.15, 0.2) is 30.3 Å². The molecule has 0 amide bonds. The van der Waals surface area contributed by atoms with Crippen LogP contribution < -0.4 is 5.32 Å². The number of benzene rings is 1. The molecule has 1 aliphatic rings. The smallest absolute Gasteiger partial charge is 0.0138 e. The number of hydrogen-bond donors (Lipinski definition) is 1. The van der Waals surface area contributed by atoms with Gasteiger partial charge in [0.25, 0.3) is 0 Å². The first-order chi connectivity index (χ1) is 9.22. The van der Waals surface area contributed by atoms with E-state index in [4.69, 9.17) is 0 Å². The van der Waals surface area contributed by atoms with E-state index in [2.05, 4.69) is 56.4 Å². The van der Waals surface area contributed by atoms with Crippen LogP contribution in [0.25, 0.3) is 0 Å². The van der Waals surface area contributed by atoms with Crippen LogP contribution in [0.4, 0.5) is 0 Å². The van der Waals surface area contributed by atoms with E-state index in [-0.39, 0.29) is 0 Å². The number of hydrogen-bond acceptors (Lipinski definition) is 1. The van der Waals surface area contributed by atoms with Gasteiger partial charge in [-0.25, -0.2) is 0 Å². The molecule has 0 radical (unpaired) electrons. The van der Waals surface area contributed by atoms with Gasteiger partial charge in [-0.05, 0) is 36.7 Å². The molecule has 0 aromatic heterocycles. The van der Waals surface area contributed by atoms with Crippen LogP contribution in [0, 0.1) is 5.92 Å². The van der Waals surface area contributed by atoms with Crippen LogP contribution in [0.5, 0.6) is 0 Å². The predicted octanol–water partition coefficient (Wildman–Crippen LogP) is 4.74. The largest absolute Gasteiger partial charge is 0.310 e. The summed E-state index contributed by atoms with van der Waals surface area (Å²) >= 11 is 0. The van der Waals surface area contributed by atoms with Crippen molar-refractivity contribution in [2.75, 3.05) is 0 Å². The molecule has 1 fully saturated rings. The molecule has 0 spiro atoms. The van der Waals surface area contributed by atoms with Crippen LogP contribution in [-0.4, -0.2) is 12.1 Å². The summed E-state index contributed by atoms with van der Waals surface area (Å²) in [5.41, 5.74) is 1.53. The highest BCUT2D eigenvalue weighted by Crippen LogP contribution is 2.33. The summed E-state index contributed by atoms with van der Waals surface area (Å²) in [5, 5.41) is 3.95. The zero-order valence-electron chi connectivity index (χ0n) is 12.7. The van der Waals surface area contributed by atoms with Gasteiger partial charge in [0, 0.05) is 12.1 Å². The third-order valence-electron chi connectivity index (χ3n) is 4.67. The molecule has 1 aliphatic carbocycles. The second kappa shape index (κ2) is 7.09. The first-order valence-electron chi connectivity index (χ1n) is 8.03. The molecule has 1 heteroatoms. The summed E-state index contributed by atoms with van der Waals surface area (Å²) in [6.45, 7) is 6.97. The standard InChI is InChI=1S/C18H29N/c1-4-17(14(2)3)19-18-13-9-8-12-16(18)15-10-6-5-7-11-15/h5-7,10-11,14,16-19H,4,8-9,12-13H2,1-3H3. The molecular weight excluding hydrogens is 230 g/mol. The zero-order chi connectivity index (χ0) is 13.7. The van der Waals surface area contributed by atoms with Gasteiger partial charge in [-0.3, -0.25) is 0 Å². The first-order valence-corrected chi connectivity index (χ1v) is 8.03. The second-order valence-electron chi connectivity index (χ2n) is 6.33. The van der Waals surface area contributed by atoms with Crippen molar-refractivity contribution < 1.29 is 0 Å². The fourth-order valence-electron chi connectivity index (χ4n) is 3.49. The molecule has 0 heterocycles. The maximum absolute atomic E-state index is 3.95. The van der Waals surface area contributed by atoms with E-state index in [9.17, 15) is 0 Å². The highest BCUT2D eigenvalue weighted by atomic mass is 15.0. The SMILES string of the molecule is CCC(NC1CCCCC1c1ccccc1)C(C)C. The fourth-order valence-corrected chi connectivity index (χ4v) is 3.49. The Kier molecular flexibility index (Phi) is 5.45. The maximum Gasteiger partial charge on any atom is 0.0138 e. The van der Waals surface area contributed by atoms with Gasteiger partial charge in [0.1, 0.15) is 0 Å². The fraction of sp³-hybridized carbons (Fsp3) is 0.667. The molecule has 3 unspecified atom stereocenters. The molecule has 1 N–H and O–H groups in total. The van der Waals surface area contributed by atoms with Crippen molar-refractivity contribution >= 4 is 0 Å². The Labute approximate surface area is 118 Å². The van der Waals surface area contributed by atoms with Crippen LogP contribution in [0.3, 0.4) is 0 Å². The molecule has 1 aromatic carbocycles. The van der Waals surface area contributed by atoms with Gasteiger partial charge in [-0.2, -0.15) is 0 Å². The van der Waals surface area contributed by atoms with Gasteiger partial charge in [-0.15, -0.1) is 0 Å². The Morgan fingerprint density at radius 2 is 1.79 bits per heavy atom. The first kappa shape index (κ1) is 14.6. The Morgan fingerprint density at radius 3 is 2.42 bits per heavy atom. The summed E-state index contributed by atoms with van der Waals surface area (Å²) in [5.74, 6) is 1.44. The molecule has 2 rings (SSSR count). The maximum atomic E-state index is 3.95. The van der Waals surface area contributed by atoms with Crippen LogP contribution in [0.1, 0.15) is 64.4 Å². The molecule has 1 saturated carbocycles. The third-order valence-corrected chi connectivity index (χ3v) is 4.67. The van der Waals surface area contributed by atoms with E-state index in [0.29, 0.717) is 18.0 Å².